The van der Waals surface area contributed by atoms with Crippen molar-refractivity contribution in [2.24, 2.45) is 11.8 Å². The molecule has 7 nitrogen and oxygen atoms in total. The van der Waals surface area contributed by atoms with Gasteiger partial charge in [-0.2, -0.15) is 13.2 Å². The van der Waals surface area contributed by atoms with Crippen LogP contribution in [-0.2, 0) is 17.5 Å². The monoisotopic (exact) mass is 506 g/mol. The average molecular weight is 507 g/mol. The normalized spacial score (nSPS) is 18.6. The molecule has 1 N–H and O–H groups in total. The first-order valence-electron chi connectivity index (χ1n) is 11.2. The van der Waals surface area contributed by atoms with Crippen LogP contribution in [0.25, 0.3) is 10.2 Å². The molecule has 4 rings (SSSR count). The number of benzene rings is 1. The van der Waals surface area contributed by atoms with Crippen LogP contribution in [0.15, 0.2) is 35.4 Å². The number of hydrogen-bond acceptors (Lipinski definition) is 5. The fourth-order valence-electron chi connectivity index (χ4n) is 4.53. The topological polar surface area (TPSA) is 84.3 Å². The molecule has 186 valence electrons. The summed E-state index contributed by atoms with van der Waals surface area (Å²) in [5, 5.41) is 2.82. The quantitative estimate of drug-likeness (QED) is 0.563. The molecule has 0 radical (unpaired) electrons. The van der Waals surface area contributed by atoms with Crippen molar-refractivity contribution in [2.75, 3.05) is 18.4 Å². The van der Waals surface area contributed by atoms with E-state index in [1.54, 1.807) is 11.8 Å². The summed E-state index contributed by atoms with van der Waals surface area (Å²) in [6.07, 6.45) is -2.10. The molecular formula is C24H25F3N4O3S. The van der Waals surface area contributed by atoms with Gasteiger partial charge in [0.1, 0.15) is 11.4 Å². The maximum atomic E-state index is 13.1. The van der Waals surface area contributed by atoms with Gasteiger partial charge in [0.15, 0.2) is 0 Å². The lowest BCUT2D eigenvalue weighted by Gasteiger charge is -2.35. The number of hydrogen-bond donors (Lipinski definition) is 1. The molecule has 0 spiro atoms. The third kappa shape index (κ3) is 5.24. The van der Waals surface area contributed by atoms with Gasteiger partial charge in [-0.15, -0.1) is 11.3 Å². The molecule has 2 aromatic heterocycles. The molecule has 1 aliphatic heterocycles. The van der Waals surface area contributed by atoms with E-state index in [4.69, 9.17) is 0 Å². The minimum atomic E-state index is -4.47. The summed E-state index contributed by atoms with van der Waals surface area (Å²) in [4.78, 5) is 45.4. The van der Waals surface area contributed by atoms with E-state index in [2.05, 4.69) is 24.1 Å². The van der Waals surface area contributed by atoms with Crippen LogP contribution < -0.4 is 10.9 Å². The number of rotatable bonds is 4. The Balaban J connectivity index is 1.55. The lowest BCUT2D eigenvalue weighted by Crippen LogP contribution is -2.44. The summed E-state index contributed by atoms with van der Waals surface area (Å²) in [7, 11) is 0. The molecule has 2 amide bonds. The summed E-state index contributed by atoms with van der Waals surface area (Å²) in [6, 6.07) is 4.11. The van der Waals surface area contributed by atoms with Crippen LogP contribution >= 0.6 is 11.3 Å². The highest BCUT2D eigenvalue weighted by Crippen LogP contribution is 2.31. The molecule has 35 heavy (non-hydrogen) atoms. The molecular weight excluding hydrogens is 481 g/mol. The van der Waals surface area contributed by atoms with Gasteiger partial charge in [0.2, 0.25) is 5.91 Å². The molecule has 0 saturated carbocycles. The van der Waals surface area contributed by atoms with Gasteiger partial charge in [-0.3, -0.25) is 19.0 Å². The second-order valence-electron chi connectivity index (χ2n) is 9.19. The zero-order valence-electron chi connectivity index (χ0n) is 19.5. The number of anilines is 1. The number of nitrogens with one attached hydrogen (secondary N) is 1. The van der Waals surface area contributed by atoms with Crippen molar-refractivity contribution in [3.05, 3.63) is 57.0 Å². The van der Waals surface area contributed by atoms with Gasteiger partial charge in [-0.25, -0.2) is 4.98 Å². The van der Waals surface area contributed by atoms with E-state index in [1.165, 1.54) is 23.0 Å². The number of thiophene rings is 1. The lowest BCUT2D eigenvalue weighted by molar-refractivity contribution is -0.137. The Morgan fingerprint density at radius 1 is 1.14 bits per heavy atom. The SMILES string of the molecule is Cc1c(C(=O)Nc2ccc(C(F)(F)F)cc2)sc2ncn(CC(=O)N3C[C@H](C)C[C@H](C)C3)c(=O)c12. The standard InChI is InChI=1S/C24H25F3N4O3S/c1-13-8-14(2)10-30(9-13)18(32)11-31-12-28-22-19(23(31)34)15(3)20(35-22)21(33)29-17-6-4-16(5-7-17)24(25,26)27/h4-7,12-14H,8-11H2,1-3H3,(H,29,33)/t13-,14+. The Labute approximate surface area is 203 Å². The third-order valence-electron chi connectivity index (χ3n) is 6.12. The maximum absolute atomic E-state index is 13.1. The second-order valence-corrected chi connectivity index (χ2v) is 10.2. The Morgan fingerprint density at radius 2 is 1.77 bits per heavy atom. The summed E-state index contributed by atoms with van der Waals surface area (Å²) in [5.74, 6) is 0.0816. The number of carbonyl (C=O) groups excluding carboxylic acids is 2. The highest BCUT2D eigenvalue weighted by molar-refractivity contribution is 7.20. The summed E-state index contributed by atoms with van der Waals surface area (Å²) < 4.78 is 39.5. The number of halogens is 3. The van der Waals surface area contributed by atoms with Gasteiger partial charge in [0.05, 0.1) is 22.2 Å². The first kappa shape index (κ1) is 24.9. The summed E-state index contributed by atoms with van der Waals surface area (Å²) in [6.45, 7) is 6.98. The van der Waals surface area contributed by atoms with Crippen LogP contribution in [-0.4, -0.2) is 39.4 Å². The third-order valence-corrected chi connectivity index (χ3v) is 7.32. The van der Waals surface area contributed by atoms with Crippen LogP contribution in [0.2, 0.25) is 0 Å². The van der Waals surface area contributed by atoms with E-state index in [9.17, 15) is 27.6 Å². The number of likely N-dealkylation sites (tertiary alicyclic amines) is 1. The fourth-order valence-corrected chi connectivity index (χ4v) is 5.57. The number of amides is 2. The van der Waals surface area contributed by atoms with Gasteiger partial charge in [-0.1, -0.05) is 13.8 Å². The molecule has 2 atom stereocenters. The zero-order chi connectivity index (χ0) is 25.5. The minimum Gasteiger partial charge on any atom is -0.341 e. The second kappa shape index (κ2) is 9.44. The maximum Gasteiger partial charge on any atom is 0.416 e. The Kier molecular flexibility index (Phi) is 6.72. The molecule has 0 aliphatic carbocycles. The van der Waals surface area contributed by atoms with E-state index >= 15 is 0 Å². The number of carbonyl (C=O) groups is 2. The van der Waals surface area contributed by atoms with Crippen LogP contribution in [0.1, 0.15) is 41.1 Å². The van der Waals surface area contributed by atoms with Crippen LogP contribution in [0.4, 0.5) is 18.9 Å². The van der Waals surface area contributed by atoms with Crippen molar-refractivity contribution in [1.82, 2.24) is 14.5 Å². The molecule has 1 fully saturated rings. The van der Waals surface area contributed by atoms with E-state index in [-0.39, 0.29) is 28.4 Å². The summed E-state index contributed by atoms with van der Waals surface area (Å²) in [5.41, 5.74) is -0.625. The first-order valence-corrected chi connectivity index (χ1v) is 12.0. The predicted molar refractivity (Wildman–Crippen MR) is 128 cm³/mol. The predicted octanol–water partition coefficient (Wildman–Crippen LogP) is 4.54. The number of fused-ring (bicyclic) bond motifs is 1. The highest BCUT2D eigenvalue weighted by atomic mass is 32.1. The molecule has 1 aliphatic rings. The number of aryl methyl sites for hydroxylation is 1. The Morgan fingerprint density at radius 3 is 2.37 bits per heavy atom. The Hall–Kier alpha value is -3.21. The van der Waals surface area contributed by atoms with E-state index < -0.39 is 23.2 Å². The summed E-state index contributed by atoms with van der Waals surface area (Å²) >= 11 is 1.02. The molecule has 3 aromatic rings. The van der Waals surface area contributed by atoms with Crippen molar-refractivity contribution in [1.29, 1.82) is 0 Å². The largest absolute Gasteiger partial charge is 0.416 e. The van der Waals surface area contributed by atoms with Crippen molar-refractivity contribution in [3.63, 3.8) is 0 Å². The first-order chi connectivity index (χ1) is 16.4. The van der Waals surface area contributed by atoms with Gasteiger partial charge in [0, 0.05) is 18.8 Å². The van der Waals surface area contributed by atoms with Crippen LogP contribution in [0.3, 0.4) is 0 Å². The van der Waals surface area contributed by atoms with Crippen molar-refractivity contribution in [2.45, 2.75) is 39.9 Å². The zero-order valence-corrected chi connectivity index (χ0v) is 20.3. The molecule has 3 heterocycles. The number of aromatic nitrogens is 2. The van der Waals surface area contributed by atoms with E-state index in [1.807, 2.05) is 0 Å². The van der Waals surface area contributed by atoms with Crippen LogP contribution in [0, 0.1) is 18.8 Å². The van der Waals surface area contributed by atoms with E-state index in [0.29, 0.717) is 35.3 Å². The fraction of sp³-hybridized carbons (Fsp3) is 0.417. The lowest BCUT2D eigenvalue weighted by atomic mass is 9.92. The van der Waals surface area contributed by atoms with Gasteiger partial charge >= 0.3 is 6.18 Å². The molecule has 11 heteroatoms. The molecule has 0 bridgehead atoms. The highest BCUT2D eigenvalue weighted by Gasteiger charge is 2.30. The van der Waals surface area contributed by atoms with E-state index in [0.717, 1.165) is 29.9 Å². The average Bonchev–Trinajstić information content (AvgIpc) is 3.12. The van der Waals surface area contributed by atoms with Crippen LogP contribution in [0.5, 0.6) is 0 Å². The molecule has 1 saturated heterocycles. The molecule has 0 unspecified atom stereocenters. The number of piperidine rings is 1. The van der Waals surface area contributed by atoms with Gasteiger partial charge < -0.3 is 10.2 Å². The van der Waals surface area contributed by atoms with Crippen molar-refractivity contribution >= 4 is 39.1 Å². The number of alkyl halides is 3. The van der Waals surface area contributed by atoms with Gasteiger partial charge in [0.25, 0.3) is 11.5 Å². The van der Waals surface area contributed by atoms with Gasteiger partial charge in [-0.05, 0) is 55.0 Å². The molecule has 1 aromatic carbocycles. The van der Waals surface area contributed by atoms with Crippen molar-refractivity contribution in [3.8, 4) is 0 Å². The Bertz CT molecular complexity index is 1320. The smallest absolute Gasteiger partial charge is 0.341 e. The number of nitrogens with zero attached hydrogens (tertiary/aromatic N) is 3. The minimum absolute atomic E-state index is 0.135. The van der Waals surface area contributed by atoms with Crippen molar-refractivity contribution < 1.29 is 22.8 Å².